The van der Waals surface area contributed by atoms with Crippen LogP contribution < -0.4 is 10.6 Å². The Morgan fingerprint density at radius 1 is 1.43 bits per heavy atom. The van der Waals surface area contributed by atoms with Gasteiger partial charge in [-0.05, 0) is 58.1 Å². The van der Waals surface area contributed by atoms with Crippen LogP contribution in [0.25, 0.3) is 0 Å². The van der Waals surface area contributed by atoms with Gasteiger partial charge < -0.3 is 15.4 Å². The number of ether oxygens (including phenoxy) is 1. The van der Waals surface area contributed by atoms with Crippen LogP contribution in [-0.2, 0) is 4.74 Å². The predicted octanol–water partition coefficient (Wildman–Crippen LogP) is 3.06. The number of amides is 1. The standard InChI is InChI=1S/C17H24N4O2/c1-17(2,3)23-16(22)21-14-6-4-12(8-14)10-19-15-7-5-13(9-18)11-20-15/h5,7,11-12,14H,4,6,8,10H2,1-3H3,(H,19,20)(H,21,22). The van der Waals surface area contributed by atoms with Crippen molar-refractivity contribution in [1.82, 2.24) is 10.3 Å². The Labute approximate surface area is 137 Å². The number of pyridine rings is 1. The third kappa shape index (κ3) is 5.78. The van der Waals surface area contributed by atoms with Crippen LogP contribution in [0, 0.1) is 17.2 Å². The molecule has 0 saturated heterocycles. The van der Waals surface area contributed by atoms with E-state index in [1.165, 1.54) is 0 Å². The molecule has 124 valence electrons. The second-order valence-electron chi connectivity index (χ2n) is 6.95. The smallest absolute Gasteiger partial charge is 0.407 e. The van der Waals surface area contributed by atoms with Crippen LogP contribution in [0.2, 0.25) is 0 Å². The lowest BCUT2D eigenvalue weighted by Crippen LogP contribution is -2.38. The van der Waals surface area contributed by atoms with Gasteiger partial charge in [0.2, 0.25) is 0 Å². The summed E-state index contributed by atoms with van der Waals surface area (Å²) >= 11 is 0. The highest BCUT2D eigenvalue weighted by Crippen LogP contribution is 2.26. The first kappa shape index (κ1) is 17.1. The van der Waals surface area contributed by atoms with E-state index < -0.39 is 5.60 Å². The molecule has 1 aliphatic rings. The molecule has 1 amide bonds. The van der Waals surface area contributed by atoms with Gasteiger partial charge in [0.1, 0.15) is 17.5 Å². The molecule has 6 heteroatoms. The maximum Gasteiger partial charge on any atom is 0.407 e. The van der Waals surface area contributed by atoms with Crippen molar-refractivity contribution in [3.63, 3.8) is 0 Å². The minimum atomic E-state index is -0.467. The summed E-state index contributed by atoms with van der Waals surface area (Å²) in [6.45, 7) is 6.39. The molecule has 2 rings (SSSR count). The van der Waals surface area contributed by atoms with Crippen LogP contribution in [0.3, 0.4) is 0 Å². The van der Waals surface area contributed by atoms with Gasteiger partial charge in [0.05, 0.1) is 5.56 Å². The third-order valence-corrected chi connectivity index (χ3v) is 3.73. The lowest BCUT2D eigenvalue weighted by atomic mass is 10.1. The van der Waals surface area contributed by atoms with Gasteiger partial charge in [0.25, 0.3) is 0 Å². The van der Waals surface area contributed by atoms with E-state index in [9.17, 15) is 4.79 Å². The lowest BCUT2D eigenvalue weighted by molar-refractivity contribution is 0.0505. The molecule has 0 bridgehead atoms. The van der Waals surface area contributed by atoms with Gasteiger partial charge in [-0.15, -0.1) is 0 Å². The number of alkyl carbamates (subject to hydrolysis) is 1. The summed E-state index contributed by atoms with van der Waals surface area (Å²) in [7, 11) is 0. The van der Waals surface area contributed by atoms with Gasteiger partial charge in [-0.2, -0.15) is 5.26 Å². The van der Waals surface area contributed by atoms with E-state index >= 15 is 0 Å². The molecule has 2 unspecified atom stereocenters. The number of anilines is 1. The number of carbonyl (C=O) groups is 1. The van der Waals surface area contributed by atoms with E-state index in [2.05, 4.69) is 15.6 Å². The van der Waals surface area contributed by atoms with Crippen molar-refractivity contribution >= 4 is 11.9 Å². The van der Waals surface area contributed by atoms with E-state index in [0.717, 1.165) is 31.6 Å². The molecule has 23 heavy (non-hydrogen) atoms. The molecule has 1 saturated carbocycles. The van der Waals surface area contributed by atoms with Gasteiger partial charge >= 0.3 is 6.09 Å². The summed E-state index contributed by atoms with van der Waals surface area (Å²) in [6, 6.07) is 5.78. The average Bonchev–Trinajstić information content (AvgIpc) is 2.91. The molecular weight excluding hydrogens is 292 g/mol. The molecule has 1 aliphatic carbocycles. The second-order valence-corrected chi connectivity index (χ2v) is 6.95. The van der Waals surface area contributed by atoms with Crippen molar-refractivity contribution in [1.29, 1.82) is 5.26 Å². The molecule has 6 nitrogen and oxygen atoms in total. The molecule has 2 atom stereocenters. The summed E-state index contributed by atoms with van der Waals surface area (Å²) in [4.78, 5) is 16.0. The Morgan fingerprint density at radius 3 is 2.83 bits per heavy atom. The summed E-state index contributed by atoms with van der Waals surface area (Å²) < 4.78 is 5.28. The first-order valence-electron chi connectivity index (χ1n) is 7.95. The van der Waals surface area contributed by atoms with Gasteiger partial charge in [0, 0.05) is 18.8 Å². The van der Waals surface area contributed by atoms with Crippen LogP contribution in [0.5, 0.6) is 0 Å². The van der Waals surface area contributed by atoms with Gasteiger partial charge in [-0.25, -0.2) is 9.78 Å². The Hall–Kier alpha value is -2.29. The Morgan fingerprint density at radius 2 is 2.22 bits per heavy atom. The van der Waals surface area contributed by atoms with Crippen LogP contribution >= 0.6 is 0 Å². The number of aromatic nitrogens is 1. The first-order chi connectivity index (χ1) is 10.9. The SMILES string of the molecule is CC(C)(C)OC(=O)NC1CCC(CNc2ccc(C#N)cn2)C1. The zero-order valence-corrected chi connectivity index (χ0v) is 13.9. The first-order valence-corrected chi connectivity index (χ1v) is 7.95. The van der Waals surface area contributed by atoms with Crippen molar-refractivity contribution in [3.8, 4) is 6.07 Å². The van der Waals surface area contributed by atoms with Gasteiger partial charge in [-0.3, -0.25) is 0 Å². The Balaban J connectivity index is 1.73. The number of hydrogen-bond acceptors (Lipinski definition) is 5. The normalized spacial score (nSPS) is 20.6. The van der Waals surface area contributed by atoms with Crippen molar-refractivity contribution in [3.05, 3.63) is 23.9 Å². The summed E-state index contributed by atoms with van der Waals surface area (Å²) in [6.07, 6.45) is 4.17. The monoisotopic (exact) mass is 316 g/mol. The molecule has 0 radical (unpaired) electrons. The molecule has 0 aromatic carbocycles. The van der Waals surface area contributed by atoms with E-state index in [1.54, 1.807) is 12.3 Å². The fourth-order valence-corrected chi connectivity index (χ4v) is 2.68. The number of nitriles is 1. The topological polar surface area (TPSA) is 87.0 Å². The van der Waals surface area contributed by atoms with Gasteiger partial charge in [0.15, 0.2) is 0 Å². The number of rotatable bonds is 4. The molecule has 2 N–H and O–H groups in total. The van der Waals surface area contributed by atoms with Crippen molar-refractivity contribution in [2.45, 2.75) is 51.7 Å². The highest BCUT2D eigenvalue weighted by Gasteiger charge is 2.27. The quantitative estimate of drug-likeness (QED) is 0.891. The maximum atomic E-state index is 11.8. The average molecular weight is 316 g/mol. The Kier molecular flexibility index (Phi) is 5.43. The Bertz CT molecular complexity index is 572. The summed E-state index contributed by atoms with van der Waals surface area (Å²) in [5.41, 5.74) is 0.0864. The molecule has 0 spiro atoms. The molecule has 1 fully saturated rings. The highest BCUT2D eigenvalue weighted by molar-refractivity contribution is 5.68. The van der Waals surface area contributed by atoms with E-state index in [1.807, 2.05) is 32.9 Å². The second kappa shape index (κ2) is 7.32. The number of nitrogens with one attached hydrogen (secondary N) is 2. The van der Waals surface area contributed by atoms with Crippen LogP contribution in [0.4, 0.5) is 10.6 Å². The molecule has 0 aliphatic heterocycles. The summed E-state index contributed by atoms with van der Waals surface area (Å²) in [5, 5.41) is 15.0. The lowest BCUT2D eigenvalue weighted by Gasteiger charge is -2.21. The van der Waals surface area contributed by atoms with Crippen LogP contribution in [0.15, 0.2) is 18.3 Å². The molecular formula is C17H24N4O2. The predicted molar refractivity (Wildman–Crippen MR) is 87.9 cm³/mol. The van der Waals surface area contributed by atoms with E-state index in [4.69, 9.17) is 10.00 Å². The van der Waals surface area contributed by atoms with Crippen molar-refractivity contribution in [2.75, 3.05) is 11.9 Å². The summed E-state index contributed by atoms with van der Waals surface area (Å²) in [5.74, 6) is 1.26. The number of carbonyl (C=O) groups excluding carboxylic acids is 1. The molecule has 1 heterocycles. The van der Waals surface area contributed by atoms with E-state index in [-0.39, 0.29) is 12.1 Å². The molecule has 1 aromatic heterocycles. The zero-order chi connectivity index (χ0) is 16.9. The van der Waals surface area contributed by atoms with Crippen molar-refractivity contribution < 1.29 is 9.53 Å². The highest BCUT2D eigenvalue weighted by atomic mass is 16.6. The minimum absolute atomic E-state index is 0.172. The van der Waals surface area contributed by atoms with Crippen LogP contribution in [-0.4, -0.2) is 29.3 Å². The molecule has 1 aromatic rings. The zero-order valence-electron chi connectivity index (χ0n) is 13.9. The minimum Gasteiger partial charge on any atom is -0.444 e. The third-order valence-electron chi connectivity index (χ3n) is 3.73. The fourth-order valence-electron chi connectivity index (χ4n) is 2.68. The fraction of sp³-hybridized carbons (Fsp3) is 0.588. The number of nitrogens with zero attached hydrogens (tertiary/aromatic N) is 2. The van der Waals surface area contributed by atoms with Crippen molar-refractivity contribution in [2.24, 2.45) is 5.92 Å². The van der Waals surface area contributed by atoms with E-state index in [0.29, 0.717) is 11.5 Å². The van der Waals surface area contributed by atoms with Gasteiger partial charge in [-0.1, -0.05) is 0 Å². The van der Waals surface area contributed by atoms with Crippen LogP contribution in [0.1, 0.15) is 45.6 Å². The maximum absolute atomic E-state index is 11.8. The number of hydrogen-bond donors (Lipinski definition) is 2. The largest absolute Gasteiger partial charge is 0.444 e.